The van der Waals surface area contributed by atoms with Crippen molar-refractivity contribution in [1.29, 1.82) is 0 Å². The zero-order valence-electron chi connectivity index (χ0n) is 27.1. The average molecular weight is 620 g/mol. The number of nitrogens with zero attached hydrogens (tertiary/aromatic N) is 1. The molecule has 2 amide bonds. The van der Waals surface area contributed by atoms with E-state index in [1.807, 2.05) is 75.4 Å². The number of aliphatic hydroxyl groups is 1. The average Bonchev–Trinajstić information content (AvgIpc) is 3.54. The van der Waals surface area contributed by atoms with E-state index in [1.54, 1.807) is 19.9 Å². The minimum absolute atomic E-state index is 0.0610. The fourth-order valence-electron chi connectivity index (χ4n) is 5.91. The molecule has 0 aliphatic carbocycles. The molecule has 3 atom stereocenters. The normalized spacial score (nSPS) is 17.4. The molecule has 9 nitrogen and oxygen atoms in total. The Morgan fingerprint density at radius 2 is 1.78 bits per heavy atom. The Bertz CT molecular complexity index is 1460. The third-order valence-electron chi connectivity index (χ3n) is 8.08. The molecule has 1 fully saturated rings. The number of ketones is 1. The third kappa shape index (κ3) is 8.28. The van der Waals surface area contributed by atoms with Crippen LogP contribution < -0.4 is 0 Å². The van der Waals surface area contributed by atoms with Crippen LogP contribution in [0.2, 0.25) is 0 Å². The lowest BCUT2D eigenvalue weighted by molar-refractivity contribution is -0.132. The SMILES string of the molecule is Cc1cccc(-c2cc(C(=O)[C@H](C)C(=O)N3C(=O)OC(C)(C)[C@@H]3C(C)C)oc2CCCOC[C@@H](CO)OCc2ccccc2)c1. The van der Waals surface area contributed by atoms with Crippen LogP contribution in [0.15, 0.2) is 65.1 Å². The van der Waals surface area contributed by atoms with Gasteiger partial charge >= 0.3 is 6.09 Å². The Balaban J connectivity index is 1.43. The van der Waals surface area contributed by atoms with Gasteiger partial charge in [0.05, 0.1) is 25.9 Å². The van der Waals surface area contributed by atoms with E-state index in [1.165, 1.54) is 6.92 Å². The van der Waals surface area contributed by atoms with Crippen LogP contribution in [0.4, 0.5) is 4.79 Å². The van der Waals surface area contributed by atoms with E-state index in [0.29, 0.717) is 31.8 Å². The van der Waals surface area contributed by atoms with Crippen LogP contribution in [0.1, 0.15) is 68.5 Å². The maximum Gasteiger partial charge on any atom is 0.417 e. The van der Waals surface area contributed by atoms with Gasteiger partial charge in [0.1, 0.15) is 23.4 Å². The summed E-state index contributed by atoms with van der Waals surface area (Å²) >= 11 is 0. The van der Waals surface area contributed by atoms with Crippen molar-refractivity contribution >= 4 is 17.8 Å². The van der Waals surface area contributed by atoms with Crippen molar-refractivity contribution in [3.63, 3.8) is 0 Å². The highest BCUT2D eigenvalue weighted by Crippen LogP contribution is 2.36. The van der Waals surface area contributed by atoms with E-state index < -0.39 is 41.4 Å². The number of hydrogen-bond acceptors (Lipinski definition) is 8. The molecule has 2 aromatic carbocycles. The molecule has 4 rings (SSSR count). The number of aryl methyl sites for hydroxylation is 2. The molecule has 0 spiro atoms. The highest BCUT2D eigenvalue weighted by atomic mass is 16.6. The predicted molar refractivity (Wildman–Crippen MR) is 170 cm³/mol. The van der Waals surface area contributed by atoms with E-state index >= 15 is 0 Å². The Labute approximate surface area is 265 Å². The number of carbonyl (C=O) groups is 3. The van der Waals surface area contributed by atoms with Crippen LogP contribution in [-0.4, -0.2) is 65.4 Å². The monoisotopic (exact) mass is 619 g/mol. The van der Waals surface area contributed by atoms with Gasteiger partial charge in [-0.2, -0.15) is 0 Å². The van der Waals surface area contributed by atoms with Crippen LogP contribution in [0.25, 0.3) is 11.1 Å². The molecule has 3 aromatic rings. The van der Waals surface area contributed by atoms with E-state index in [-0.39, 0.29) is 24.9 Å². The molecule has 1 saturated heterocycles. The summed E-state index contributed by atoms with van der Waals surface area (Å²) in [5.74, 6) is -1.65. The zero-order chi connectivity index (χ0) is 32.7. The number of imide groups is 1. The second-order valence-corrected chi connectivity index (χ2v) is 12.6. The van der Waals surface area contributed by atoms with Crippen molar-refractivity contribution in [1.82, 2.24) is 4.90 Å². The molecule has 9 heteroatoms. The molecule has 0 saturated carbocycles. The molecule has 2 heterocycles. The number of cyclic esters (lactones) is 1. The second kappa shape index (κ2) is 15.0. The summed E-state index contributed by atoms with van der Waals surface area (Å²) in [7, 11) is 0. The van der Waals surface area contributed by atoms with Gasteiger partial charge in [-0.15, -0.1) is 0 Å². The summed E-state index contributed by atoms with van der Waals surface area (Å²) in [6.45, 7) is 11.7. The molecule has 1 N–H and O–H groups in total. The fourth-order valence-corrected chi connectivity index (χ4v) is 5.91. The van der Waals surface area contributed by atoms with Crippen molar-refractivity contribution in [2.45, 2.75) is 78.7 Å². The van der Waals surface area contributed by atoms with Gasteiger partial charge in [-0.05, 0) is 57.2 Å². The van der Waals surface area contributed by atoms with Crippen LogP contribution >= 0.6 is 0 Å². The van der Waals surface area contributed by atoms with Crippen LogP contribution in [0.5, 0.6) is 0 Å². The van der Waals surface area contributed by atoms with Crippen molar-refractivity contribution in [2.24, 2.45) is 11.8 Å². The lowest BCUT2D eigenvalue weighted by Crippen LogP contribution is -2.50. The minimum Gasteiger partial charge on any atom is -0.457 e. The van der Waals surface area contributed by atoms with Gasteiger partial charge in [-0.25, -0.2) is 9.69 Å². The Morgan fingerprint density at radius 3 is 2.44 bits per heavy atom. The molecule has 0 bridgehead atoms. The summed E-state index contributed by atoms with van der Waals surface area (Å²) in [5.41, 5.74) is 2.87. The van der Waals surface area contributed by atoms with Crippen LogP contribution in [0.3, 0.4) is 0 Å². The molecule has 1 aliphatic rings. The maximum atomic E-state index is 13.6. The van der Waals surface area contributed by atoms with Gasteiger partial charge in [0.25, 0.3) is 0 Å². The van der Waals surface area contributed by atoms with Gasteiger partial charge in [0.2, 0.25) is 11.7 Å². The summed E-state index contributed by atoms with van der Waals surface area (Å²) in [5, 5.41) is 9.71. The van der Waals surface area contributed by atoms with Gasteiger partial charge in [0.15, 0.2) is 5.76 Å². The number of benzene rings is 2. The summed E-state index contributed by atoms with van der Waals surface area (Å²) < 4.78 is 23.2. The molecule has 0 unspecified atom stereocenters. The van der Waals surface area contributed by atoms with E-state index in [9.17, 15) is 19.5 Å². The van der Waals surface area contributed by atoms with E-state index in [2.05, 4.69) is 0 Å². The molecule has 0 radical (unpaired) electrons. The lowest BCUT2D eigenvalue weighted by Gasteiger charge is -2.31. The molecular formula is C36H45NO8. The smallest absolute Gasteiger partial charge is 0.417 e. The Kier molecular flexibility index (Phi) is 11.4. The maximum absolute atomic E-state index is 13.6. The molecule has 1 aliphatic heterocycles. The number of furan rings is 1. The Morgan fingerprint density at radius 1 is 1.04 bits per heavy atom. The lowest BCUT2D eigenvalue weighted by atomic mass is 9.88. The van der Waals surface area contributed by atoms with Gasteiger partial charge in [-0.1, -0.05) is 74.0 Å². The number of hydrogen-bond donors (Lipinski definition) is 1. The number of carbonyl (C=O) groups excluding carboxylic acids is 3. The number of amides is 2. The third-order valence-corrected chi connectivity index (χ3v) is 8.08. The number of ether oxygens (including phenoxy) is 3. The first kappa shape index (κ1) is 34.1. The number of aliphatic hydroxyl groups excluding tert-OH is 1. The van der Waals surface area contributed by atoms with E-state index in [0.717, 1.165) is 27.2 Å². The molecular weight excluding hydrogens is 574 g/mol. The first-order chi connectivity index (χ1) is 21.4. The van der Waals surface area contributed by atoms with Crippen LogP contribution in [0, 0.1) is 18.8 Å². The number of Topliss-reactive ketones (excluding diaryl/α,β-unsaturated/α-hetero) is 1. The largest absolute Gasteiger partial charge is 0.457 e. The zero-order valence-corrected chi connectivity index (χ0v) is 27.1. The standard InChI is InChI=1S/C36H45NO8/c1-23(2)33-36(5,6)45-35(41)37(33)34(40)25(4)32(39)31-19-29(27-15-10-12-24(3)18-27)30(44-31)16-11-17-42-22-28(20-38)43-21-26-13-8-7-9-14-26/h7-10,12-15,18-19,23,25,28,33,38H,11,16-17,20-22H2,1-6H3/t25-,28+,33-/m0/s1. The number of rotatable bonds is 15. The highest BCUT2D eigenvalue weighted by molar-refractivity contribution is 6.12. The predicted octanol–water partition coefficient (Wildman–Crippen LogP) is 6.38. The highest BCUT2D eigenvalue weighted by Gasteiger charge is 2.53. The topological polar surface area (TPSA) is 116 Å². The quantitative estimate of drug-likeness (QED) is 0.118. The van der Waals surface area contributed by atoms with Crippen molar-refractivity contribution in [2.75, 3.05) is 19.8 Å². The first-order valence-corrected chi connectivity index (χ1v) is 15.6. The summed E-state index contributed by atoms with van der Waals surface area (Å²) in [4.78, 5) is 41.0. The summed E-state index contributed by atoms with van der Waals surface area (Å²) in [6.07, 6.45) is -0.113. The van der Waals surface area contributed by atoms with Gasteiger partial charge in [-0.3, -0.25) is 9.59 Å². The second-order valence-electron chi connectivity index (χ2n) is 12.6. The van der Waals surface area contributed by atoms with Gasteiger partial charge < -0.3 is 23.7 Å². The van der Waals surface area contributed by atoms with E-state index in [4.69, 9.17) is 18.6 Å². The van der Waals surface area contributed by atoms with Crippen molar-refractivity contribution in [3.05, 3.63) is 83.3 Å². The summed E-state index contributed by atoms with van der Waals surface area (Å²) in [6, 6.07) is 18.8. The minimum atomic E-state index is -1.15. The molecule has 242 valence electrons. The Hall–Kier alpha value is -3.79. The van der Waals surface area contributed by atoms with Crippen LogP contribution in [-0.2, 0) is 32.0 Å². The van der Waals surface area contributed by atoms with Crippen molar-refractivity contribution < 1.29 is 38.1 Å². The van der Waals surface area contributed by atoms with Gasteiger partial charge in [0, 0.05) is 18.6 Å². The first-order valence-electron chi connectivity index (χ1n) is 15.6. The van der Waals surface area contributed by atoms with Crippen molar-refractivity contribution in [3.8, 4) is 11.1 Å². The molecule has 45 heavy (non-hydrogen) atoms. The molecule has 1 aromatic heterocycles. The fraction of sp³-hybridized carbons (Fsp3) is 0.472.